The van der Waals surface area contributed by atoms with Crippen molar-refractivity contribution in [3.63, 3.8) is 0 Å². The van der Waals surface area contributed by atoms with Crippen LogP contribution in [0.2, 0.25) is 0 Å². The van der Waals surface area contributed by atoms with Gasteiger partial charge in [0.15, 0.2) is 12.0 Å². The van der Waals surface area contributed by atoms with E-state index in [-0.39, 0.29) is 6.29 Å². The van der Waals surface area contributed by atoms with Crippen LogP contribution in [0, 0.1) is 0 Å². The monoisotopic (exact) mass is 275 g/mol. The van der Waals surface area contributed by atoms with Crippen LogP contribution in [0.1, 0.15) is 16.1 Å². The Morgan fingerprint density at radius 3 is 2.11 bits per heavy atom. The minimum atomic E-state index is -5.49. The molecule has 0 unspecified atom stereocenters. The fraction of sp³-hybridized carbons (Fsp3) is 0.250. The van der Waals surface area contributed by atoms with Crippen molar-refractivity contribution in [2.45, 2.75) is 12.5 Å². The molecular weight excluding hydrogens is 272 g/mol. The topological polar surface area (TPSA) is 59.2 Å². The van der Waals surface area contributed by atoms with Crippen molar-refractivity contribution in [2.75, 3.05) is 0 Å². The van der Waals surface area contributed by atoms with Crippen molar-refractivity contribution in [2.24, 2.45) is 0 Å². The molecule has 100 valence electrons. The summed E-state index contributed by atoms with van der Waals surface area (Å²) in [6.45, 7) is 0. The van der Waals surface area contributed by atoms with E-state index < -0.39 is 35.0 Å². The molecule has 0 bridgehead atoms. The normalized spacial score (nSPS) is 12.3. The predicted molar refractivity (Wildman–Crippen MR) is 44.1 cm³/mol. The maximum Gasteiger partial charge on any atom is 0.573 e. The van der Waals surface area contributed by atoms with Crippen molar-refractivity contribution in [3.8, 4) is 5.75 Å². The molecule has 0 saturated carbocycles. The summed E-state index contributed by atoms with van der Waals surface area (Å²) in [6.07, 6.45) is -10.6. The number of carbonyl (C=O) groups is 1. The first kappa shape index (κ1) is 14.1. The number of aldehydes is 1. The minimum Gasteiger partial charge on any atom is -0.399 e. The van der Waals surface area contributed by atoms with Crippen LogP contribution in [0.25, 0.3) is 0 Å². The van der Waals surface area contributed by atoms with E-state index in [1.54, 1.807) is 0 Å². The maximum absolute atomic E-state index is 12.3. The van der Waals surface area contributed by atoms with Gasteiger partial charge < -0.3 is 9.72 Å². The number of alkyl halides is 6. The second-order valence-corrected chi connectivity index (χ2v) is 2.94. The lowest BCUT2D eigenvalue weighted by molar-refractivity contribution is -0.277. The SMILES string of the molecule is O=Cc1c[nH]c(C(F)(F)F)c(OC(F)(F)F)c1=O. The van der Waals surface area contributed by atoms with Crippen molar-refractivity contribution >= 4 is 6.29 Å². The van der Waals surface area contributed by atoms with Gasteiger partial charge in [0.05, 0.1) is 5.56 Å². The number of hydrogen-bond donors (Lipinski definition) is 1. The Morgan fingerprint density at radius 2 is 1.72 bits per heavy atom. The summed E-state index contributed by atoms with van der Waals surface area (Å²) in [5, 5.41) is 0. The van der Waals surface area contributed by atoms with Crippen molar-refractivity contribution in [1.82, 2.24) is 4.98 Å². The van der Waals surface area contributed by atoms with E-state index in [9.17, 15) is 35.9 Å². The Kier molecular flexibility index (Phi) is 3.40. The highest BCUT2D eigenvalue weighted by Crippen LogP contribution is 2.34. The Hall–Kier alpha value is -2.00. The van der Waals surface area contributed by atoms with Crippen LogP contribution in [0.15, 0.2) is 11.0 Å². The fourth-order valence-electron chi connectivity index (χ4n) is 1.04. The molecule has 1 rings (SSSR count). The van der Waals surface area contributed by atoms with Crippen LogP contribution in [0.5, 0.6) is 5.75 Å². The number of rotatable bonds is 2. The molecule has 4 nitrogen and oxygen atoms in total. The highest BCUT2D eigenvalue weighted by molar-refractivity contribution is 5.75. The number of hydrogen-bond acceptors (Lipinski definition) is 3. The summed E-state index contributed by atoms with van der Waals surface area (Å²) < 4.78 is 75.7. The van der Waals surface area contributed by atoms with Gasteiger partial charge in [-0.1, -0.05) is 0 Å². The van der Waals surface area contributed by atoms with Gasteiger partial charge in [-0.3, -0.25) is 9.59 Å². The smallest absolute Gasteiger partial charge is 0.399 e. The Labute approximate surface area is 94.2 Å². The van der Waals surface area contributed by atoms with E-state index in [4.69, 9.17) is 0 Å². The number of H-pyrrole nitrogens is 1. The lowest BCUT2D eigenvalue weighted by Crippen LogP contribution is -2.27. The van der Waals surface area contributed by atoms with Gasteiger partial charge in [-0.2, -0.15) is 13.2 Å². The van der Waals surface area contributed by atoms with E-state index in [1.165, 1.54) is 4.98 Å². The average Bonchev–Trinajstić information content (AvgIpc) is 2.17. The predicted octanol–water partition coefficient (Wildman–Crippen LogP) is 2.10. The molecule has 0 atom stereocenters. The summed E-state index contributed by atoms with van der Waals surface area (Å²) >= 11 is 0. The third kappa shape index (κ3) is 3.02. The molecule has 0 fully saturated rings. The first-order valence-corrected chi connectivity index (χ1v) is 4.10. The Balaban J connectivity index is 3.51. The highest BCUT2D eigenvalue weighted by Gasteiger charge is 2.42. The molecule has 1 N–H and O–H groups in total. The fourth-order valence-corrected chi connectivity index (χ4v) is 1.04. The number of halogens is 6. The second kappa shape index (κ2) is 4.35. The summed E-state index contributed by atoms with van der Waals surface area (Å²) in [5.74, 6) is -2.01. The summed E-state index contributed by atoms with van der Waals surface area (Å²) in [6, 6.07) is 0. The molecule has 0 spiro atoms. The molecule has 10 heteroatoms. The van der Waals surface area contributed by atoms with Gasteiger partial charge in [-0.05, 0) is 0 Å². The summed E-state index contributed by atoms with van der Waals surface area (Å²) in [7, 11) is 0. The van der Waals surface area contributed by atoms with E-state index in [0.717, 1.165) is 0 Å². The average molecular weight is 275 g/mol. The number of ether oxygens (including phenoxy) is 1. The minimum absolute atomic E-state index is 0.192. The lowest BCUT2D eigenvalue weighted by Gasteiger charge is -2.14. The van der Waals surface area contributed by atoms with Crippen molar-refractivity contribution in [3.05, 3.63) is 27.7 Å². The van der Waals surface area contributed by atoms with Gasteiger partial charge in [0.2, 0.25) is 11.2 Å². The van der Waals surface area contributed by atoms with Crippen molar-refractivity contribution < 1.29 is 35.9 Å². The van der Waals surface area contributed by atoms with Crippen LogP contribution in [0.3, 0.4) is 0 Å². The number of pyridine rings is 1. The van der Waals surface area contributed by atoms with Gasteiger partial charge in [0.1, 0.15) is 0 Å². The number of aromatic amines is 1. The van der Waals surface area contributed by atoms with Crippen LogP contribution in [0.4, 0.5) is 26.3 Å². The Bertz CT molecular complexity index is 515. The molecule has 1 aromatic heterocycles. The molecule has 1 aromatic rings. The molecule has 0 radical (unpaired) electrons. The van der Waals surface area contributed by atoms with Crippen LogP contribution in [-0.4, -0.2) is 17.6 Å². The van der Waals surface area contributed by atoms with Gasteiger partial charge in [-0.15, -0.1) is 13.2 Å². The lowest BCUT2D eigenvalue weighted by atomic mass is 10.2. The standard InChI is InChI=1S/C8H3F6NO3/c9-7(10,11)6-5(18-8(12,13)14)4(17)3(2-16)1-15-6/h1-2H,(H,15,17). The molecule has 0 amide bonds. The third-order valence-corrected chi connectivity index (χ3v) is 1.70. The first-order chi connectivity index (χ1) is 8.06. The third-order valence-electron chi connectivity index (χ3n) is 1.70. The number of aromatic nitrogens is 1. The van der Waals surface area contributed by atoms with Gasteiger partial charge >= 0.3 is 12.5 Å². The zero-order valence-electron chi connectivity index (χ0n) is 8.15. The molecule has 18 heavy (non-hydrogen) atoms. The van der Waals surface area contributed by atoms with Gasteiger partial charge in [-0.25, -0.2) is 0 Å². The summed E-state index contributed by atoms with van der Waals surface area (Å²) in [5.41, 5.74) is -4.73. The van der Waals surface area contributed by atoms with Gasteiger partial charge in [0.25, 0.3) is 0 Å². The van der Waals surface area contributed by atoms with E-state index in [2.05, 4.69) is 4.74 Å². The van der Waals surface area contributed by atoms with Crippen LogP contribution in [-0.2, 0) is 6.18 Å². The number of carbonyl (C=O) groups excluding carboxylic acids is 1. The largest absolute Gasteiger partial charge is 0.573 e. The van der Waals surface area contributed by atoms with Crippen LogP contribution < -0.4 is 10.2 Å². The molecule has 0 aromatic carbocycles. The van der Waals surface area contributed by atoms with Gasteiger partial charge in [0, 0.05) is 6.20 Å². The molecular formula is C8H3F6NO3. The van der Waals surface area contributed by atoms with Crippen LogP contribution >= 0.6 is 0 Å². The van der Waals surface area contributed by atoms with Crippen molar-refractivity contribution in [1.29, 1.82) is 0 Å². The van der Waals surface area contributed by atoms with E-state index in [1.807, 2.05) is 0 Å². The molecule has 1 heterocycles. The zero-order valence-corrected chi connectivity index (χ0v) is 8.15. The maximum atomic E-state index is 12.3. The molecule has 0 aliphatic heterocycles. The quantitative estimate of drug-likeness (QED) is 0.664. The molecule has 0 aliphatic carbocycles. The summed E-state index contributed by atoms with van der Waals surface area (Å²) in [4.78, 5) is 22.8. The molecule has 0 aliphatic rings. The zero-order chi connectivity index (χ0) is 14.1. The second-order valence-electron chi connectivity index (χ2n) is 2.94. The Morgan fingerprint density at radius 1 is 1.17 bits per heavy atom. The van der Waals surface area contributed by atoms with E-state index >= 15 is 0 Å². The number of nitrogens with one attached hydrogen (secondary N) is 1. The first-order valence-electron chi connectivity index (χ1n) is 4.10. The molecule has 0 saturated heterocycles. The van der Waals surface area contributed by atoms with E-state index in [0.29, 0.717) is 6.20 Å². The highest BCUT2D eigenvalue weighted by atomic mass is 19.4.